The van der Waals surface area contributed by atoms with E-state index in [0.717, 1.165) is 56.9 Å². The lowest BCUT2D eigenvalue weighted by Gasteiger charge is -2.29. The van der Waals surface area contributed by atoms with Gasteiger partial charge in [0.15, 0.2) is 0 Å². The highest BCUT2D eigenvalue weighted by Gasteiger charge is 2.28. The molecule has 0 radical (unpaired) electrons. The van der Waals surface area contributed by atoms with Crippen molar-refractivity contribution in [3.63, 3.8) is 0 Å². The Bertz CT molecular complexity index is 7100. The molecular weight excluding hydrogens is 1380 g/mol. The SMILES string of the molecule is Cc1ccc(N(c2ccc(C)cc2)c2ccc3cc(N(c4ccc(C)cc4)c4ccc(C)cc4)ccc3c2)cc1.c1ccc(N(c2ccc(-c3ccc(N(c4ccccc4)c4cc5ccc6ccc7ccc8ccc9ccc4c4c9c8c7c6c54)cc3)cc2)c2cc3ccc4ccc5ccc6ccc7ccc2c2c7c6c5c4c32)cc1. The Balaban J connectivity index is 0.000000163. The van der Waals surface area contributed by atoms with E-state index in [-0.39, 0.29) is 0 Å². The van der Waals surface area contributed by atoms with Crippen molar-refractivity contribution in [2.24, 2.45) is 0 Å². The highest BCUT2D eigenvalue weighted by Crippen LogP contribution is 2.55. The van der Waals surface area contributed by atoms with Crippen LogP contribution in [-0.4, -0.2) is 0 Å². The van der Waals surface area contributed by atoms with E-state index in [9.17, 15) is 0 Å². The van der Waals surface area contributed by atoms with Crippen molar-refractivity contribution in [2.45, 2.75) is 27.7 Å². The van der Waals surface area contributed by atoms with Gasteiger partial charge in [-0.25, -0.2) is 0 Å². The van der Waals surface area contributed by atoms with E-state index in [0.29, 0.717) is 0 Å². The van der Waals surface area contributed by atoms with E-state index in [1.807, 2.05) is 0 Å². The number of para-hydroxylation sites is 2. The molecule has 0 amide bonds. The van der Waals surface area contributed by atoms with E-state index < -0.39 is 0 Å². The summed E-state index contributed by atoms with van der Waals surface area (Å²) >= 11 is 0. The van der Waals surface area contributed by atoms with Crippen molar-refractivity contribution in [1.82, 2.24) is 0 Å². The average molecular weight is 1450 g/mol. The van der Waals surface area contributed by atoms with Crippen LogP contribution in [0.1, 0.15) is 22.3 Å². The van der Waals surface area contributed by atoms with Crippen LogP contribution in [0.2, 0.25) is 0 Å². The molecule has 0 bridgehead atoms. The number of rotatable bonds is 13. The maximum Gasteiger partial charge on any atom is 0.0546 e. The molecule has 0 aliphatic carbocycles. The minimum atomic E-state index is 1.11. The molecule has 4 nitrogen and oxygen atoms in total. The average Bonchev–Trinajstić information content (AvgIpc) is 0.687. The van der Waals surface area contributed by atoms with Crippen molar-refractivity contribution in [3.05, 3.63) is 398 Å². The van der Waals surface area contributed by atoms with E-state index in [1.165, 1.54) is 185 Å². The van der Waals surface area contributed by atoms with Gasteiger partial charge in [0.1, 0.15) is 0 Å². The molecule has 0 N–H and O–H groups in total. The lowest BCUT2D eigenvalue weighted by atomic mass is 9.82. The molecule has 24 aromatic carbocycles. The molecule has 24 rings (SSSR count). The standard InChI is InChI=1S/C72H40N2.C38H34N2/c1-3-7-53(8-4-1)73(59-39-51-25-23-47-17-13-43-11-15-45-19-21-49-31-37-57(59)71-67(49)63(45)61(43)65(47)69(51)71)55-33-27-41(28-34-55)42-29-35-56(36-30-42)74(54-9-5-2-6-10-54)60-40-52-26-24-48-18-14-44-12-16-46-20-22-50-32-38-58(60)72-68(50)64(46)62(44)66(48)70(52)72;1-27-5-15-33(16-6-27)39(34-17-7-28(2)8-18-34)37-23-13-32-26-38(24-14-31(32)25-37)40(35-19-9-29(3)10-20-35)36-21-11-30(4)12-22-36/h1-40H;5-26H,1-4H3. The van der Waals surface area contributed by atoms with Crippen LogP contribution < -0.4 is 19.6 Å². The van der Waals surface area contributed by atoms with E-state index in [4.69, 9.17) is 0 Å². The van der Waals surface area contributed by atoms with Gasteiger partial charge < -0.3 is 19.6 Å². The fraction of sp³-hybridized carbons (Fsp3) is 0.0364. The fourth-order valence-electron chi connectivity index (χ4n) is 19.1. The molecule has 0 heterocycles. The van der Waals surface area contributed by atoms with Crippen LogP contribution >= 0.6 is 0 Å². The summed E-state index contributed by atoms with van der Waals surface area (Å²) in [6.07, 6.45) is 0. The summed E-state index contributed by atoms with van der Waals surface area (Å²) < 4.78 is 0. The molecule has 0 spiro atoms. The topological polar surface area (TPSA) is 13.0 Å². The Morgan fingerprint density at radius 2 is 0.342 bits per heavy atom. The highest BCUT2D eigenvalue weighted by molar-refractivity contribution is 6.47. The van der Waals surface area contributed by atoms with Crippen LogP contribution in [0.4, 0.5) is 68.2 Å². The number of anilines is 12. The fourth-order valence-corrected chi connectivity index (χ4v) is 19.1. The van der Waals surface area contributed by atoms with Gasteiger partial charge in [0, 0.05) is 78.4 Å². The molecule has 0 aliphatic rings. The van der Waals surface area contributed by atoms with Gasteiger partial charge in [0.25, 0.3) is 0 Å². The molecule has 114 heavy (non-hydrogen) atoms. The number of hydrogen-bond acceptors (Lipinski definition) is 4. The first-order valence-electron chi connectivity index (χ1n) is 39.7. The molecule has 0 aliphatic heterocycles. The molecule has 0 fully saturated rings. The number of fused-ring (bicyclic) bond motifs is 1. The first-order chi connectivity index (χ1) is 56.1. The summed E-state index contributed by atoms with van der Waals surface area (Å²) in [5.41, 5.74) is 21.1. The minimum absolute atomic E-state index is 1.11. The van der Waals surface area contributed by atoms with Gasteiger partial charge >= 0.3 is 0 Å². The van der Waals surface area contributed by atoms with Crippen LogP contribution in [-0.2, 0) is 0 Å². The second kappa shape index (κ2) is 25.5. The smallest absolute Gasteiger partial charge is 0.0546 e. The molecule has 0 saturated heterocycles. The lowest BCUT2D eigenvalue weighted by Crippen LogP contribution is -2.11. The predicted octanol–water partition coefficient (Wildman–Crippen LogP) is 31.8. The van der Waals surface area contributed by atoms with Crippen molar-refractivity contribution < 1.29 is 0 Å². The van der Waals surface area contributed by atoms with Gasteiger partial charge in [-0.1, -0.05) is 265 Å². The molecule has 0 aromatic heterocycles. The molecule has 0 saturated carbocycles. The second-order valence-corrected chi connectivity index (χ2v) is 31.4. The third-order valence-corrected chi connectivity index (χ3v) is 24.5. The van der Waals surface area contributed by atoms with Crippen molar-refractivity contribution in [3.8, 4) is 11.1 Å². The van der Waals surface area contributed by atoms with Crippen LogP contribution in [0.15, 0.2) is 376 Å². The lowest BCUT2D eigenvalue weighted by molar-refractivity contribution is 1.27. The van der Waals surface area contributed by atoms with Gasteiger partial charge in [0.2, 0.25) is 0 Å². The Hall–Kier alpha value is -14.6. The molecule has 4 heteroatoms. The Morgan fingerprint density at radius 3 is 0.623 bits per heavy atom. The molecule has 0 unspecified atom stereocenters. The number of nitrogens with zero attached hydrogens (tertiary/aromatic N) is 4. The monoisotopic (exact) mass is 1450 g/mol. The normalized spacial score (nSPS) is 12.0. The second-order valence-electron chi connectivity index (χ2n) is 31.4. The van der Waals surface area contributed by atoms with Crippen LogP contribution in [0.3, 0.4) is 0 Å². The maximum absolute atomic E-state index is 2.46. The quantitative estimate of drug-likeness (QED) is 0.0842. The van der Waals surface area contributed by atoms with Gasteiger partial charge in [-0.2, -0.15) is 0 Å². The van der Waals surface area contributed by atoms with Crippen molar-refractivity contribution >= 4 is 208 Å². The number of benzene rings is 24. The van der Waals surface area contributed by atoms with Gasteiger partial charge in [0.05, 0.1) is 11.4 Å². The van der Waals surface area contributed by atoms with Crippen LogP contribution in [0.25, 0.3) is 151 Å². The van der Waals surface area contributed by atoms with Gasteiger partial charge in [-0.15, -0.1) is 0 Å². The molecular formula is C110H74N4. The largest absolute Gasteiger partial charge is 0.310 e. The molecule has 0 atom stereocenters. The van der Waals surface area contributed by atoms with E-state index in [1.54, 1.807) is 0 Å². The Kier molecular flexibility index (Phi) is 14.6. The first kappa shape index (κ1) is 65.3. The predicted molar refractivity (Wildman–Crippen MR) is 491 cm³/mol. The summed E-state index contributed by atoms with van der Waals surface area (Å²) in [6.45, 7) is 8.52. The van der Waals surface area contributed by atoms with E-state index >= 15 is 0 Å². The summed E-state index contributed by atoms with van der Waals surface area (Å²) in [6, 6.07) is 140. The van der Waals surface area contributed by atoms with Gasteiger partial charge in [-0.05, 0) is 291 Å². The van der Waals surface area contributed by atoms with E-state index in [2.05, 4.69) is 423 Å². The summed E-state index contributed by atoms with van der Waals surface area (Å²) in [5, 5.41) is 34.3. The summed E-state index contributed by atoms with van der Waals surface area (Å²) in [4.78, 5) is 9.58. The minimum Gasteiger partial charge on any atom is -0.310 e. The highest BCUT2D eigenvalue weighted by atomic mass is 15.2. The summed E-state index contributed by atoms with van der Waals surface area (Å²) in [5.74, 6) is 0. The molecule has 534 valence electrons. The van der Waals surface area contributed by atoms with Crippen LogP contribution in [0.5, 0.6) is 0 Å². The zero-order valence-electron chi connectivity index (χ0n) is 63.6. The molecule has 24 aromatic rings. The Labute approximate surface area is 660 Å². The third-order valence-electron chi connectivity index (χ3n) is 24.5. The van der Waals surface area contributed by atoms with Crippen LogP contribution in [0, 0.1) is 27.7 Å². The first-order valence-corrected chi connectivity index (χ1v) is 39.7. The number of aryl methyl sites for hydroxylation is 4. The zero-order chi connectivity index (χ0) is 75.6. The maximum atomic E-state index is 2.46. The summed E-state index contributed by atoms with van der Waals surface area (Å²) in [7, 11) is 0. The Morgan fingerprint density at radius 1 is 0.140 bits per heavy atom. The number of hydrogen-bond donors (Lipinski definition) is 0. The van der Waals surface area contributed by atoms with Gasteiger partial charge in [-0.3, -0.25) is 0 Å². The third kappa shape index (κ3) is 10.2. The van der Waals surface area contributed by atoms with Crippen molar-refractivity contribution in [2.75, 3.05) is 19.6 Å². The van der Waals surface area contributed by atoms with Crippen molar-refractivity contribution in [1.29, 1.82) is 0 Å². The zero-order valence-corrected chi connectivity index (χ0v) is 63.6.